The quantitative estimate of drug-likeness (QED) is 0.340. The zero-order valence-electron chi connectivity index (χ0n) is 21.9. The standard InChI is InChI=1S/C30H46O4/c1-6-26(31)33-21-10-12-28(4)20(15-21)7-8-22-23(28)11-13-29(5)24(22)16-25-27(29)19(3)30(34-25)14-9-18(2)17-32-30/h6,18-25,27H,1,7-17H2,2-5H3/t18-,19-,20+,21-,22+,23-,24-,25-,27-,28-,29-,30+/m0/s1. The largest absolute Gasteiger partial charge is 0.459 e. The molecule has 4 aliphatic carbocycles. The number of carbonyl (C=O) groups excluding carboxylic acids is 1. The van der Waals surface area contributed by atoms with Gasteiger partial charge in [0.1, 0.15) is 6.10 Å². The lowest BCUT2D eigenvalue weighted by molar-refractivity contribution is -0.273. The molecule has 0 aromatic rings. The highest BCUT2D eigenvalue weighted by Gasteiger charge is 2.69. The van der Waals surface area contributed by atoms with Gasteiger partial charge < -0.3 is 14.2 Å². The molecule has 4 nitrogen and oxygen atoms in total. The minimum absolute atomic E-state index is 0.0865. The Morgan fingerprint density at radius 3 is 2.50 bits per heavy atom. The van der Waals surface area contributed by atoms with Crippen LogP contribution in [0.1, 0.15) is 91.9 Å². The molecule has 4 heteroatoms. The molecule has 0 aromatic heterocycles. The minimum Gasteiger partial charge on any atom is -0.459 e. The molecule has 1 spiro atoms. The zero-order valence-corrected chi connectivity index (χ0v) is 21.9. The molecule has 2 saturated heterocycles. The Balaban J connectivity index is 1.19. The van der Waals surface area contributed by atoms with Crippen LogP contribution in [0.2, 0.25) is 0 Å². The summed E-state index contributed by atoms with van der Waals surface area (Å²) in [7, 11) is 0. The van der Waals surface area contributed by atoms with Gasteiger partial charge in [0.25, 0.3) is 0 Å². The van der Waals surface area contributed by atoms with Gasteiger partial charge in [0.15, 0.2) is 5.79 Å². The molecule has 0 unspecified atom stereocenters. The zero-order chi connectivity index (χ0) is 23.9. The lowest BCUT2D eigenvalue weighted by Gasteiger charge is -2.61. The van der Waals surface area contributed by atoms with Gasteiger partial charge in [0.05, 0.1) is 12.7 Å². The van der Waals surface area contributed by atoms with Gasteiger partial charge in [-0.15, -0.1) is 0 Å². The molecule has 0 aromatic carbocycles. The lowest BCUT2D eigenvalue weighted by Crippen LogP contribution is -2.55. The third kappa shape index (κ3) is 3.26. The number of carbonyl (C=O) groups is 1. The summed E-state index contributed by atoms with van der Waals surface area (Å²) in [5.74, 6) is 4.36. The first kappa shape index (κ1) is 23.5. The lowest BCUT2D eigenvalue weighted by atomic mass is 9.44. The van der Waals surface area contributed by atoms with E-state index in [2.05, 4.69) is 34.3 Å². The molecule has 0 bridgehead atoms. The molecule has 0 radical (unpaired) electrons. The molecule has 4 saturated carbocycles. The topological polar surface area (TPSA) is 44.8 Å². The Labute approximate surface area is 206 Å². The van der Waals surface area contributed by atoms with Crippen molar-refractivity contribution < 1.29 is 19.0 Å². The normalized spacial score (nSPS) is 56.2. The molecule has 2 aliphatic heterocycles. The molecule has 190 valence electrons. The van der Waals surface area contributed by atoms with Gasteiger partial charge in [-0.25, -0.2) is 4.79 Å². The molecular weight excluding hydrogens is 424 g/mol. The number of rotatable bonds is 2. The van der Waals surface area contributed by atoms with Crippen LogP contribution in [-0.2, 0) is 19.0 Å². The summed E-state index contributed by atoms with van der Waals surface area (Å²) in [6, 6.07) is 0. The van der Waals surface area contributed by atoms with E-state index in [1.54, 1.807) is 0 Å². The Hall–Kier alpha value is -0.870. The van der Waals surface area contributed by atoms with E-state index in [1.165, 1.54) is 51.0 Å². The van der Waals surface area contributed by atoms with Crippen molar-refractivity contribution in [2.75, 3.05) is 6.61 Å². The third-order valence-corrected chi connectivity index (χ3v) is 12.3. The first-order valence-electron chi connectivity index (χ1n) is 14.3. The van der Waals surface area contributed by atoms with Crippen LogP contribution in [0.25, 0.3) is 0 Å². The van der Waals surface area contributed by atoms with Gasteiger partial charge in [-0.05, 0) is 104 Å². The summed E-state index contributed by atoms with van der Waals surface area (Å²) in [5.41, 5.74) is 0.788. The fourth-order valence-electron chi connectivity index (χ4n) is 10.6. The van der Waals surface area contributed by atoms with Crippen LogP contribution in [0.4, 0.5) is 0 Å². The molecule has 12 atom stereocenters. The van der Waals surface area contributed by atoms with E-state index in [1.807, 2.05) is 0 Å². The highest BCUT2D eigenvalue weighted by Crippen LogP contribution is 2.71. The number of hydrogen-bond acceptors (Lipinski definition) is 4. The van der Waals surface area contributed by atoms with Crippen molar-refractivity contribution in [3.05, 3.63) is 12.7 Å². The minimum atomic E-state index is -0.308. The monoisotopic (exact) mass is 470 g/mol. The van der Waals surface area contributed by atoms with Crippen LogP contribution in [0.3, 0.4) is 0 Å². The number of ether oxygens (including phenoxy) is 3. The van der Waals surface area contributed by atoms with E-state index < -0.39 is 0 Å². The second kappa shape index (κ2) is 8.07. The van der Waals surface area contributed by atoms with Crippen molar-refractivity contribution in [2.24, 2.45) is 52.3 Å². The van der Waals surface area contributed by atoms with Gasteiger partial charge in [-0.3, -0.25) is 0 Å². The van der Waals surface area contributed by atoms with Crippen LogP contribution in [0, 0.1) is 52.3 Å². The summed E-state index contributed by atoms with van der Waals surface area (Å²) in [5, 5.41) is 0. The van der Waals surface area contributed by atoms with E-state index in [4.69, 9.17) is 14.2 Å². The first-order valence-corrected chi connectivity index (χ1v) is 14.3. The molecule has 6 rings (SSSR count). The number of hydrogen-bond donors (Lipinski definition) is 0. The Kier molecular flexibility index (Phi) is 5.58. The highest BCUT2D eigenvalue weighted by molar-refractivity contribution is 5.81. The summed E-state index contributed by atoms with van der Waals surface area (Å²) in [4.78, 5) is 11.8. The fraction of sp³-hybridized carbons (Fsp3) is 0.900. The number of esters is 1. The maximum absolute atomic E-state index is 11.8. The predicted octanol–water partition coefficient (Wildman–Crippen LogP) is 6.53. The maximum Gasteiger partial charge on any atom is 0.330 e. The molecular formula is C30H46O4. The predicted molar refractivity (Wildman–Crippen MR) is 132 cm³/mol. The van der Waals surface area contributed by atoms with Gasteiger partial charge >= 0.3 is 5.97 Å². The average molecular weight is 471 g/mol. The SMILES string of the molecule is C=CC(=O)O[C@H]1CC[C@@]2(C)[C@H](CC[C@@H]3[C@@H]2CC[C@]2(C)[C@@H]4[C@H](C[C@@H]32)O[C@]2(CC[C@H](C)CO2)[C@H]4C)C1. The van der Waals surface area contributed by atoms with Crippen LogP contribution < -0.4 is 0 Å². The van der Waals surface area contributed by atoms with E-state index in [0.717, 1.165) is 43.6 Å². The maximum atomic E-state index is 11.8. The molecule has 2 heterocycles. The van der Waals surface area contributed by atoms with E-state index >= 15 is 0 Å². The second-order valence-corrected chi connectivity index (χ2v) is 13.7. The average Bonchev–Trinajstić information content (AvgIpc) is 3.26. The van der Waals surface area contributed by atoms with Crippen molar-refractivity contribution in [1.29, 1.82) is 0 Å². The molecule has 0 amide bonds. The first-order chi connectivity index (χ1) is 16.2. The second-order valence-electron chi connectivity index (χ2n) is 13.7. The van der Waals surface area contributed by atoms with Gasteiger partial charge in [-0.1, -0.05) is 34.3 Å². The van der Waals surface area contributed by atoms with Crippen LogP contribution >= 0.6 is 0 Å². The van der Waals surface area contributed by atoms with Crippen LogP contribution in [0.15, 0.2) is 12.7 Å². The molecule has 0 N–H and O–H groups in total. The van der Waals surface area contributed by atoms with E-state index in [9.17, 15) is 4.79 Å². The van der Waals surface area contributed by atoms with Crippen molar-refractivity contribution in [1.82, 2.24) is 0 Å². The summed E-state index contributed by atoms with van der Waals surface area (Å²) >= 11 is 0. The Morgan fingerprint density at radius 1 is 0.971 bits per heavy atom. The van der Waals surface area contributed by atoms with Crippen molar-refractivity contribution in [3.63, 3.8) is 0 Å². The summed E-state index contributed by atoms with van der Waals surface area (Å²) in [6.45, 7) is 14.4. The van der Waals surface area contributed by atoms with Crippen LogP contribution in [-0.4, -0.2) is 30.6 Å². The summed E-state index contributed by atoms with van der Waals surface area (Å²) < 4.78 is 19.1. The molecule has 34 heavy (non-hydrogen) atoms. The van der Waals surface area contributed by atoms with Crippen molar-refractivity contribution >= 4 is 5.97 Å². The van der Waals surface area contributed by atoms with Gasteiger partial charge in [0.2, 0.25) is 0 Å². The third-order valence-electron chi connectivity index (χ3n) is 12.3. The highest BCUT2D eigenvalue weighted by atomic mass is 16.7. The fourth-order valence-corrected chi connectivity index (χ4v) is 10.6. The summed E-state index contributed by atoms with van der Waals surface area (Å²) in [6.07, 6.45) is 14.0. The van der Waals surface area contributed by atoms with Crippen LogP contribution in [0.5, 0.6) is 0 Å². The van der Waals surface area contributed by atoms with Crippen molar-refractivity contribution in [3.8, 4) is 0 Å². The van der Waals surface area contributed by atoms with E-state index in [0.29, 0.717) is 40.6 Å². The van der Waals surface area contributed by atoms with Gasteiger partial charge in [0, 0.05) is 18.4 Å². The molecule has 6 aliphatic rings. The molecule has 6 fully saturated rings. The number of fused-ring (bicyclic) bond motifs is 7. The Morgan fingerprint density at radius 2 is 1.76 bits per heavy atom. The Bertz CT molecular complexity index is 830. The van der Waals surface area contributed by atoms with E-state index in [-0.39, 0.29) is 17.9 Å². The smallest absolute Gasteiger partial charge is 0.330 e. The van der Waals surface area contributed by atoms with Crippen molar-refractivity contribution in [2.45, 2.75) is 110 Å². The van der Waals surface area contributed by atoms with Gasteiger partial charge in [-0.2, -0.15) is 0 Å².